The molecule has 0 N–H and O–H groups in total. The number of fused-ring (bicyclic) bond motifs is 1. The standard InChI is InChI=1S/C21H24N4O2/c26-20(25-12-7-17-3-1-2-4-19(17)25)8-11-23-13-15-24(16-14-23)21(27)18-5-9-22-10-6-18/h1-6,9-10H,7-8,11-16H2. The summed E-state index contributed by atoms with van der Waals surface area (Å²) in [5.74, 6) is 0.247. The summed E-state index contributed by atoms with van der Waals surface area (Å²) in [6.45, 7) is 4.53. The molecule has 0 atom stereocenters. The first-order valence-electron chi connectivity index (χ1n) is 9.52. The third-order valence-electron chi connectivity index (χ3n) is 5.42. The number of pyridine rings is 1. The van der Waals surface area contributed by atoms with E-state index in [1.54, 1.807) is 24.5 Å². The van der Waals surface area contributed by atoms with E-state index in [4.69, 9.17) is 0 Å². The van der Waals surface area contributed by atoms with Gasteiger partial charge in [0.25, 0.3) is 5.91 Å². The van der Waals surface area contributed by atoms with Crippen molar-refractivity contribution in [3.05, 3.63) is 59.9 Å². The lowest BCUT2D eigenvalue weighted by atomic mass is 10.2. The average Bonchev–Trinajstić information content (AvgIpc) is 3.17. The minimum atomic E-state index is 0.0572. The molecule has 0 aliphatic carbocycles. The van der Waals surface area contributed by atoms with Crippen molar-refractivity contribution in [1.29, 1.82) is 0 Å². The molecule has 2 amide bonds. The number of anilines is 1. The molecule has 0 spiro atoms. The molecule has 0 bridgehead atoms. The lowest BCUT2D eigenvalue weighted by Gasteiger charge is -2.34. The van der Waals surface area contributed by atoms with E-state index in [0.29, 0.717) is 25.1 Å². The van der Waals surface area contributed by atoms with Gasteiger partial charge in [0.15, 0.2) is 0 Å². The van der Waals surface area contributed by atoms with Crippen LogP contribution in [-0.2, 0) is 11.2 Å². The van der Waals surface area contributed by atoms with Gasteiger partial charge in [-0.05, 0) is 30.2 Å². The third kappa shape index (κ3) is 3.85. The maximum Gasteiger partial charge on any atom is 0.254 e. The number of carbonyl (C=O) groups excluding carboxylic acids is 2. The summed E-state index contributed by atoms with van der Waals surface area (Å²) in [7, 11) is 0. The van der Waals surface area contributed by atoms with Crippen molar-refractivity contribution in [2.45, 2.75) is 12.8 Å². The van der Waals surface area contributed by atoms with Crippen molar-refractivity contribution < 1.29 is 9.59 Å². The van der Waals surface area contributed by atoms with Crippen LogP contribution in [0.4, 0.5) is 5.69 Å². The molecular weight excluding hydrogens is 340 g/mol. The van der Waals surface area contributed by atoms with Crippen LogP contribution >= 0.6 is 0 Å². The van der Waals surface area contributed by atoms with E-state index >= 15 is 0 Å². The molecule has 2 aromatic rings. The predicted octanol–water partition coefficient (Wildman–Crippen LogP) is 1.82. The lowest BCUT2D eigenvalue weighted by molar-refractivity contribution is -0.118. The van der Waals surface area contributed by atoms with E-state index in [-0.39, 0.29) is 11.8 Å². The first-order valence-corrected chi connectivity index (χ1v) is 9.52. The number of hydrogen-bond acceptors (Lipinski definition) is 4. The second kappa shape index (κ2) is 7.88. The molecule has 6 nitrogen and oxygen atoms in total. The number of para-hydroxylation sites is 1. The number of piperazine rings is 1. The average molecular weight is 364 g/mol. The third-order valence-corrected chi connectivity index (χ3v) is 5.42. The van der Waals surface area contributed by atoms with Gasteiger partial charge in [-0.15, -0.1) is 0 Å². The Morgan fingerprint density at radius 2 is 1.67 bits per heavy atom. The number of hydrogen-bond donors (Lipinski definition) is 0. The number of rotatable bonds is 4. The maximum absolute atomic E-state index is 12.6. The number of benzene rings is 1. The number of amides is 2. The summed E-state index contributed by atoms with van der Waals surface area (Å²) in [4.78, 5) is 35.1. The summed E-state index contributed by atoms with van der Waals surface area (Å²) in [5.41, 5.74) is 3.01. The van der Waals surface area contributed by atoms with E-state index in [9.17, 15) is 9.59 Å². The lowest BCUT2D eigenvalue weighted by Crippen LogP contribution is -2.49. The molecule has 27 heavy (non-hydrogen) atoms. The Hall–Kier alpha value is -2.73. The van der Waals surface area contributed by atoms with Crippen LogP contribution < -0.4 is 4.90 Å². The molecule has 1 aromatic heterocycles. The fraction of sp³-hybridized carbons (Fsp3) is 0.381. The van der Waals surface area contributed by atoms with Gasteiger partial charge in [0.1, 0.15) is 0 Å². The summed E-state index contributed by atoms with van der Waals surface area (Å²) in [6.07, 6.45) is 4.75. The van der Waals surface area contributed by atoms with Crippen LogP contribution in [0.2, 0.25) is 0 Å². The molecule has 1 aromatic carbocycles. The minimum Gasteiger partial charge on any atom is -0.336 e. The van der Waals surface area contributed by atoms with Crippen molar-refractivity contribution in [2.24, 2.45) is 0 Å². The molecule has 0 unspecified atom stereocenters. The Morgan fingerprint density at radius 1 is 0.926 bits per heavy atom. The summed E-state index contributed by atoms with van der Waals surface area (Å²) in [6, 6.07) is 11.6. The second-order valence-corrected chi connectivity index (χ2v) is 7.04. The molecular formula is C21H24N4O2. The van der Waals surface area contributed by atoms with Gasteiger partial charge in [0.2, 0.25) is 5.91 Å². The maximum atomic E-state index is 12.6. The van der Waals surface area contributed by atoms with Crippen LogP contribution in [0, 0.1) is 0 Å². The SMILES string of the molecule is O=C(c1ccncc1)N1CCN(CCC(=O)N2CCc3ccccc32)CC1. The van der Waals surface area contributed by atoms with Gasteiger partial charge in [0, 0.05) is 69.3 Å². The van der Waals surface area contributed by atoms with E-state index < -0.39 is 0 Å². The monoisotopic (exact) mass is 364 g/mol. The molecule has 1 saturated heterocycles. The van der Waals surface area contributed by atoms with Gasteiger partial charge >= 0.3 is 0 Å². The van der Waals surface area contributed by atoms with Crippen molar-refractivity contribution >= 4 is 17.5 Å². The summed E-state index contributed by atoms with van der Waals surface area (Å²) < 4.78 is 0. The van der Waals surface area contributed by atoms with Gasteiger partial charge in [0.05, 0.1) is 0 Å². The Labute approximate surface area is 159 Å². The van der Waals surface area contributed by atoms with Crippen LogP contribution in [0.5, 0.6) is 0 Å². The Kier molecular flexibility index (Phi) is 5.16. The Balaban J connectivity index is 1.25. The van der Waals surface area contributed by atoms with E-state index in [1.165, 1.54) is 5.56 Å². The zero-order valence-corrected chi connectivity index (χ0v) is 15.4. The smallest absolute Gasteiger partial charge is 0.254 e. The molecule has 2 aliphatic rings. The number of aromatic nitrogens is 1. The molecule has 4 rings (SSSR count). The number of carbonyl (C=O) groups is 2. The van der Waals surface area contributed by atoms with Crippen LogP contribution in [-0.4, -0.2) is 65.9 Å². The molecule has 0 radical (unpaired) electrons. The van der Waals surface area contributed by atoms with Gasteiger partial charge in [-0.2, -0.15) is 0 Å². The molecule has 3 heterocycles. The Bertz CT molecular complexity index is 816. The topological polar surface area (TPSA) is 56.8 Å². The highest BCUT2D eigenvalue weighted by atomic mass is 16.2. The minimum absolute atomic E-state index is 0.0572. The van der Waals surface area contributed by atoms with E-state index in [0.717, 1.165) is 38.3 Å². The van der Waals surface area contributed by atoms with Gasteiger partial charge in [-0.25, -0.2) is 0 Å². The van der Waals surface area contributed by atoms with Gasteiger partial charge < -0.3 is 9.80 Å². The largest absolute Gasteiger partial charge is 0.336 e. The molecule has 140 valence electrons. The summed E-state index contributed by atoms with van der Waals surface area (Å²) in [5, 5.41) is 0. The molecule has 0 saturated carbocycles. The van der Waals surface area contributed by atoms with E-state index in [1.807, 2.05) is 28.0 Å². The normalized spacial score (nSPS) is 17.0. The highest BCUT2D eigenvalue weighted by molar-refractivity contribution is 5.95. The zero-order chi connectivity index (χ0) is 18.6. The van der Waals surface area contributed by atoms with Crippen molar-refractivity contribution in [3.63, 3.8) is 0 Å². The van der Waals surface area contributed by atoms with Crippen LogP contribution in [0.15, 0.2) is 48.8 Å². The van der Waals surface area contributed by atoms with Crippen molar-refractivity contribution in [1.82, 2.24) is 14.8 Å². The van der Waals surface area contributed by atoms with Gasteiger partial charge in [-0.1, -0.05) is 18.2 Å². The van der Waals surface area contributed by atoms with Gasteiger partial charge in [-0.3, -0.25) is 19.5 Å². The fourth-order valence-corrected chi connectivity index (χ4v) is 3.84. The molecule has 6 heteroatoms. The first kappa shape index (κ1) is 17.7. The van der Waals surface area contributed by atoms with Crippen LogP contribution in [0.25, 0.3) is 0 Å². The van der Waals surface area contributed by atoms with Crippen molar-refractivity contribution in [2.75, 3.05) is 44.2 Å². The number of nitrogens with zero attached hydrogens (tertiary/aromatic N) is 4. The summed E-state index contributed by atoms with van der Waals surface area (Å²) >= 11 is 0. The second-order valence-electron chi connectivity index (χ2n) is 7.04. The van der Waals surface area contributed by atoms with Crippen LogP contribution in [0.3, 0.4) is 0 Å². The Morgan fingerprint density at radius 3 is 2.44 bits per heavy atom. The first-order chi connectivity index (χ1) is 13.2. The van der Waals surface area contributed by atoms with Crippen molar-refractivity contribution in [3.8, 4) is 0 Å². The predicted molar refractivity (Wildman–Crippen MR) is 104 cm³/mol. The highest BCUT2D eigenvalue weighted by Crippen LogP contribution is 2.27. The zero-order valence-electron chi connectivity index (χ0n) is 15.4. The molecule has 1 fully saturated rings. The van der Waals surface area contributed by atoms with E-state index in [2.05, 4.69) is 16.0 Å². The van der Waals surface area contributed by atoms with Crippen LogP contribution in [0.1, 0.15) is 22.3 Å². The fourth-order valence-electron chi connectivity index (χ4n) is 3.84. The highest BCUT2D eigenvalue weighted by Gasteiger charge is 2.26. The molecule has 2 aliphatic heterocycles. The quantitative estimate of drug-likeness (QED) is 0.830.